The number of halogens is 4. The number of carbonyl (C=O) groups excluding carboxylic acids is 2. The molecule has 3 rings (SSSR count). The molecule has 0 aliphatic carbocycles. The Morgan fingerprint density at radius 2 is 1.97 bits per heavy atom. The number of anilines is 1. The van der Waals surface area contributed by atoms with Crippen LogP contribution in [-0.2, 0) is 4.84 Å². The summed E-state index contributed by atoms with van der Waals surface area (Å²) in [6.07, 6.45) is -0.194. The number of aromatic nitrogens is 3. The van der Waals surface area contributed by atoms with Gasteiger partial charge in [0.25, 0.3) is 18.2 Å². The third kappa shape index (κ3) is 6.11. The molecule has 0 aliphatic heterocycles. The summed E-state index contributed by atoms with van der Waals surface area (Å²) in [6, 6.07) is 6.36. The van der Waals surface area contributed by atoms with Crippen LogP contribution in [0.3, 0.4) is 0 Å². The first-order chi connectivity index (χ1) is 16.6. The maximum atomic E-state index is 13.4. The second-order valence-electron chi connectivity index (χ2n) is 7.27. The zero-order chi connectivity index (χ0) is 25.7. The first kappa shape index (κ1) is 26.0. The number of carbonyl (C=O) groups is 2. The summed E-state index contributed by atoms with van der Waals surface area (Å²) in [5.41, 5.74) is -0.260. The summed E-state index contributed by atoms with van der Waals surface area (Å²) in [5.74, 6) is -1.39. The van der Waals surface area contributed by atoms with E-state index in [1.54, 1.807) is 26.0 Å². The van der Waals surface area contributed by atoms with E-state index in [1.807, 2.05) is 0 Å². The predicted molar refractivity (Wildman–Crippen MR) is 128 cm³/mol. The molecule has 0 radical (unpaired) electrons. The van der Waals surface area contributed by atoms with Crippen LogP contribution in [0.5, 0.6) is 0 Å². The number of hydrogen-bond acceptors (Lipinski definition) is 6. The van der Waals surface area contributed by atoms with Crippen LogP contribution >= 0.6 is 23.2 Å². The quantitative estimate of drug-likeness (QED) is 0.324. The molecule has 1 aromatic carbocycles. The van der Waals surface area contributed by atoms with Crippen molar-refractivity contribution in [3.63, 3.8) is 0 Å². The molecule has 0 fully saturated rings. The predicted octanol–water partition coefficient (Wildman–Crippen LogP) is 4.82. The number of nitrogens with one attached hydrogen (secondary N) is 2. The molecule has 2 aromatic heterocycles. The maximum absolute atomic E-state index is 13.4. The standard InChI is InChI=1S/C22H20Cl2F2N6O3/c1-11-7-13(23)8-14(21(33)29-12(2)10-28-35-3)18(11)30-22(34)17-9-16(19(25)26)31-32(17)20-15(24)5-4-6-27-20/h4-10,12,19H,1-3H3,(H,29,33)(H,30,34)/b28-10+. The van der Waals surface area contributed by atoms with E-state index in [0.717, 1.165) is 10.7 Å². The fourth-order valence-electron chi connectivity index (χ4n) is 3.10. The van der Waals surface area contributed by atoms with Gasteiger partial charge in [0.05, 0.1) is 28.5 Å². The van der Waals surface area contributed by atoms with Crippen LogP contribution in [0.4, 0.5) is 14.5 Å². The lowest BCUT2D eigenvalue weighted by atomic mass is 10.1. The number of nitrogens with zero attached hydrogens (tertiary/aromatic N) is 4. The second-order valence-corrected chi connectivity index (χ2v) is 8.12. The van der Waals surface area contributed by atoms with Gasteiger partial charge in [-0.3, -0.25) is 9.59 Å². The Morgan fingerprint density at radius 3 is 2.63 bits per heavy atom. The molecule has 3 aromatic rings. The van der Waals surface area contributed by atoms with E-state index in [1.165, 1.54) is 31.7 Å². The third-order valence-electron chi connectivity index (χ3n) is 4.66. The lowest BCUT2D eigenvalue weighted by molar-refractivity contribution is 0.0950. The summed E-state index contributed by atoms with van der Waals surface area (Å²) in [7, 11) is 1.36. The molecule has 0 saturated heterocycles. The third-order valence-corrected chi connectivity index (χ3v) is 5.17. The average Bonchev–Trinajstić information content (AvgIpc) is 3.25. The Labute approximate surface area is 209 Å². The summed E-state index contributed by atoms with van der Waals surface area (Å²) in [6.45, 7) is 3.29. The van der Waals surface area contributed by atoms with Crippen molar-refractivity contribution in [3.8, 4) is 5.82 Å². The summed E-state index contributed by atoms with van der Waals surface area (Å²) < 4.78 is 27.7. The van der Waals surface area contributed by atoms with Crippen LogP contribution in [0.2, 0.25) is 10.0 Å². The van der Waals surface area contributed by atoms with Gasteiger partial charge in [-0.15, -0.1) is 0 Å². The van der Waals surface area contributed by atoms with Crippen molar-refractivity contribution in [1.82, 2.24) is 20.1 Å². The topological polar surface area (TPSA) is 110 Å². The van der Waals surface area contributed by atoms with Crippen molar-refractivity contribution < 1.29 is 23.2 Å². The van der Waals surface area contributed by atoms with Crippen molar-refractivity contribution in [1.29, 1.82) is 0 Å². The molecule has 0 spiro atoms. The number of pyridine rings is 1. The molecular formula is C22H20Cl2F2N6O3. The van der Waals surface area contributed by atoms with Crippen molar-refractivity contribution >= 4 is 46.9 Å². The average molecular weight is 525 g/mol. The van der Waals surface area contributed by atoms with Crippen LogP contribution in [0.1, 0.15) is 45.5 Å². The van der Waals surface area contributed by atoms with Gasteiger partial charge in [0.2, 0.25) is 0 Å². The first-order valence-corrected chi connectivity index (χ1v) is 10.9. The highest BCUT2D eigenvalue weighted by atomic mass is 35.5. The monoisotopic (exact) mass is 524 g/mol. The Kier molecular flexibility index (Phi) is 8.36. The van der Waals surface area contributed by atoms with Gasteiger partial charge in [0, 0.05) is 11.2 Å². The molecule has 2 amide bonds. The highest BCUT2D eigenvalue weighted by Gasteiger charge is 2.25. The molecule has 9 nitrogen and oxygen atoms in total. The van der Waals surface area contributed by atoms with Gasteiger partial charge in [-0.25, -0.2) is 18.4 Å². The van der Waals surface area contributed by atoms with E-state index in [2.05, 4.69) is 30.7 Å². The number of hydrogen-bond donors (Lipinski definition) is 2. The van der Waals surface area contributed by atoms with E-state index in [4.69, 9.17) is 23.2 Å². The van der Waals surface area contributed by atoms with E-state index >= 15 is 0 Å². The highest BCUT2D eigenvalue weighted by Crippen LogP contribution is 2.28. The molecule has 0 aliphatic rings. The van der Waals surface area contributed by atoms with E-state index in [-0.39, 0.29) is 32.8 Å². The smallest absolute Gasteiger partial charge is 0.282 e. The molecule has 13 heteroatoms. The van der Waals surface area contributed by atoms with Gasteiger partial charge in [0.15, 0.2) is 5.82 Å². The first-order valence-electron chi connectivity index (χ1n) is 10.1. The molecule has 35 heavy (non-hydrogen) atoms. The summed E-state index contributed by atoms with van der Waals surface area (Å²) >= 11 is 12.3. The van der Waals surface area contributed by atoms with Crippen LogP contribution < -0.4 is 10.6 Å². The summed E-state index contributed by atoms with van der Waals surface area (Å²) in [5, 5.41) is 13.0. The van der Waals surface area contributed by atoms with Crippen LogP contribution in [0.15, 0.2) is 41.7 Å². The zero-order valence-electron chi connectivity index (χ0n) is 18.7. The molecule has 0 saturated carbocycles. The van der Waals surface area contributed by atoms with E-state index in [9.17, 15) is 18.4 Å². The number of amides is 2. The lowest BCUT2D eigenvalue weighted by Gasteiger charge is -2.16. The van der Waals surface area contributed by atoms with E-state index < -0.39 is 30.0 Å². The Hall–Kier alpha value is -3.57. The fourth-order valence-corrected chi connectivity index (χ4v) is 3.58. The molecule has 1 atom stereocenters. The van der Waals surface area contributed by atoms with Gasteiger partial charge in [-0.05, 0) is 49.7 Å². The van der Waals surface area contributed by atoms with Crippen LogP contribution in [-0.4, -0.2) is 45.9 Å². The molecule has 184 valence electrons. The van der Waals surface area contributed by atoms with Crippen molar-refractivity contribution in [3.05, 3.63) is 69.1 Å². The number of benzene rings is 1. The fraction of sp³-hybridized carbons (Fsp3) is 0.227. The second kappa shape index (κ2) is 11.2. The number of rotatable bonds is 8. The van der Waals surface area contributed by atoms with E-state index in [0.29, 0.717) is 5.56 Å². The minimum Gasteiger partial charge on any atom is -0.399 e. The molecule has 0 bridgehead atoms. The van der Waals surface area contributed by atoms with Gasteiger partial charge in [-0.2, -0.15) is 5.10 Å². The number of oxime groups is 1. The van der Waals surface area contributed by atoms with Crippen molar-refractivity contribution in [2.75, 3.05) is 12.4 Å². The van der Waals surface area contributed by atoms with Gasteiger partial charge < -0.3 is 15.5 Å². The Balaban J connectivity index is 2.01. The van der Waals surface area contributed by atoms with Crippen molar-refractivity contribution in [2.45, 2.75) is 26.3 Å². The number of aryl methyl sites for hydroxylation is 1. The lowest BCUT2D eigenvalue weighted by Crippen LogP contribution is -2.34. The molecule has 2 heterocycles. The Bertz CT molecular complexity index is 1280. The molecular weight excluding hydrogens is 505 g/mol. The molecule has 1 unspecified atom stereocenters. The minimum absolute atomic E-state index is 0.0109. The van der Waals surface area contributed by atoms with Crippen LogP contribution in [0.25, 0.3) is 5.82 Å². The number of alkyl halides is 2. The maximum Gasteiger partial charge on any atom is 0.282 e. The van der Waals surface area contributed by atoms with Crippen molar-refractivity contribution in [2.24, 2.45) is 5.16 Å². The highest BCUT2D eigenvalue weighted by molar-refractivity contribution is 6.32. The Morgan fingerprint density at radius 1 is 1.23 bits per heavy atom. The normalized spacial score (nSPS) is 12.1. The summed E-state index contributed by atoms with van der Waals surface area (Å²) in [4.78, 5) is 34.8. The zero-order valence-corrected chi connectivity index (χ0v) is 20.2. The molecule has 2 N–H and O–H groups in total. The van der Waals surface area contributed by atoms with Crippen LogP contribution in [0, 0.1) is 6.92 Å². The SMILES string of the molecule is CO/N=C/C(C)NC(=O)c1cc(Cl)cc(C)c1NC(=O)c1cc(C(F)F)nn1-c1ncccc1Cl. The van der Waals surface area contributed by atoms with Gasteiger partial charge in [-0.1, -0.05) is 28.4 Å². The van der Waals surface area contributed by atoms with Gasteiger partial charge >= 0.3 is 0 Å². The largest absolute Gasteiger partial charge is 0.399 e. The minimum atomic E-state index is -2.95. The van der Waals surface area contributed by atoms with Gasteiger partial charge in [0.1, 0.15) is 18.5 Å².